The van der Waals surface area contributed by atoms with Crippen molar-refractivity contribution in [1.29, 1.82) is 0 Å². The molecule has 1 saturated heterocycles. The number of aryl methyl sites for hydroxylation is 1. The number of likely N-dealkylation sites (tertiary alicyclic amines) is 1. The number of hydrogen-bond donors (Lipinski definition) is 1. The lowest BCUT2D eigenvalue weighted by Gasteiger charge is -2.17. The Morgan fingerprint density at radius 2 is 2.11 bits per heavy atom. The molecule has 0 saturated carbocycles. The summed E-state index contributed by atoms with van der Waals surface area (Å²) in [6, 6.07) is 12.5. The topological polar surface area (TPSA) is 54.5 Å². The van der Waals surface area contributed by atoms with Crippen LogP contribution in [0.25, 0.3) is 6.08 Å². The summed E-state index contributed by atoms with van der Waals surface area (Å²) in [5, 5.41) is 3.43. The highest BCUT2D eigenvalue weighted by molar-refractivity contribution is 5.91. The molecular formula is C22H26FN3O2. The number of pyridine rings is 1. The number of nitrogens with zero attached hydrogens (tertiary/aromatic N) is 2. The van der Waals surface area contributed by atoms with Gasteiger partial charge < -0.3 is 10.1 Å². The van der Waals surface area contributed by atoms with Gasteiger partial charge in [-0.25, -0.2) is 9.78 Å². The predicted octanol–water partition coefficient (Wildman–Crippen LogP) is 3.95. The number of ether oxygens (including phenoxy) is 1. The number of hydrogen-bond acceptors (Lipinski definition) is 5. The molecule has 0 spiro atoms. The second-order valence-electron chi connectivity index (χ2n) is 7.04. The fourth-order valence-electron chi connectivity index (χ4n) is 3.24. The van der Waals surface area contributed by atoms with Crippen LogP contribution in [0.15, 0.2) is 48.4 Å². The Hall–Kier alpha value is -2.73. The van der Waals surface area contributed by atoms with Crippen molar-refractivity contribution >= 4 is 17.9 Å². The van der Waals surface area contributed by atoms with Crippen molar-refractivity contribution in [2.24, 2.45) is 0 Å². The Bertz CT molecular complexity index is 819. The Morgan fingerprint density at radius 3 is 2.79 bits per heavy atom. The smallest absolute Gasteiger partial charge is 0.367 e. The van der Waals surface area contributed by atoms with Crippen molar-refractivity contribution in [2.75, 3.05) is 25.0 Å². The van der Waals surface area contributed by atoms with Crippen molar-refractivity contribution < 1.29 is 13.9 Å². The molecule has 1 aromatic carbocycles. The van der Waals surface area contributed by atoms with Crippen molar-refractivity contribution in [3.8, 4) is 0 Å². The van der Waals surface area contributed by atoms with Gasteiger partial charge in [0.25, 0.3) is 0 Å². The lowest BCUT2D eigenvalue weighted by Crippen LogP contribution is -2.26. The van der Waals surface area contributed by atoms with Gasteiger partial charge in [-0.2, -0.15) is 4.39 Å². The van der Waals surface area contributed by atoms with Crippen LogP contribution in [-0.2, 0) is 16.1 Å². The molecular weight excluding hydrogens is 357 g/mol. The Morgan fingerprint density at radius 1 is 1.32 bits per heavy atom. The van der Waals surface area contributed by atoms with Gasteiger partial charge in [0.2, 0.25) is 5.83 Å². The van der Waals surface area contributed by atoms with Gasteiger partial charge in [-0.3, -0.25) is 4.90 Å². The van der Waals surface area contributed by atoms with E-state index in [0.29, 0.717) is 11.6 Å². The third kappa shape index (κ3) is 5.63. The molecule has 1 aliphatic rings. The van der Waals surface area contributed by atoms with Crippen molar-refractivity contribution in [2.45, 2.75) is 32.9 Å². The molecule has 0 aliphatic carbocycles. The predicted molar refractivity (Wildman–Crippen MR) is 108 cm³/mol. The highest BCUT2D eigenvalue weighted by Gasteiger charge is 2.22. The highest BCUT2D eigenvalue weighted by Crippen LogP contribution is 2.18. The number of rotatable bonds is 7. The normalized spacial score (nSPS) is 17.5. The number of carbonyl (C=O) groups is 1. The maximum Gasteiger partial charge on any atom is 0.367 e. The molecule has 1 fully saturated rings. The molecule has 5 nitrogen and oxygen atoms in total. The van der Waals surface area contributed by atoms with Crippen LogP contribution in [0.2, 0.25) is 0 Å². The number of nitrogens with one attached hydrogen (secondary N) is 1. The SMILES string of the molecule is CCOC(=O)/C(F)=C/c1ccc(N[C@@H]2CCN(Cc3ccc(C)cc3)C2)nc1. The monoisotopic (exact) mass is 383 g/mol. The third-order valence-electron chi connectivity index (χ3n) is 4.70. The van der Waals surface area contributed by atoms with Crippen LogP contribution in [0, 0.1) is 6.92 Å². The molecule has 1 aromatic heterocycles. The van der Waals surface area contributed by atoms with Crippen LogP contribution in [-0.4, -0.2) is 41.6 Å². The number of benzene rings is 1. The fourth-order valence-corrected chi connectivity index (χ4v) is 3.24. The number of halogens is 1. The van der Waals surface area contributed by atoms with E-state index in [0.717, 1.165) is 37.9 Å². The molecule has 6 heteroatoms. The summed E-state index contributed by atoms with van der Waals surface area (Å²) >= 11 is 0. The first-order valence-corrected chi connectivity index (χ1v) is 9.58. The standard InChI is InChI=1S/C22H26FN3O2/c1-3-28-22(27)20(23)12-18-8-9-21(24-13-18)25-19-10-11-26(15-19)14-17-6-4-16(2)5-7-17/h4-9,12-13,19H,3,10-11,14-15H2,1-2H3,(H,24,25)/b20-12-/t19-/m1/s1. The number of esters is 1. The molecule has 1 aliphatic heterocycles. The summed E-state index contributed by atoms with van der Waals surface area (Å²) in [7, 11) is 0. The molecule has 0 radical (unpaired) electrons. The largest absolute Gasteiger partial charge is 0.461 e. The first-order chi connectivity index (χ1) is 13.5. The zero-order valence-corrected chi connectivity index (χ0v) is 16.3. The van der Waals surface area contributed by atoms with Crippen LogP contribution in [0.4, 0.5) is 10.2 Å². The lowest BCUT2D eigenvalue weighted by molar-refractivity contribution is -0.140. The quantitative estimate of drug-likeness (QED) is 0.580. The van der Waals surface area contributed by atoms with Gasteiger partial charge >= 0.3 is 5.97 Å². The number of carbonyl (C=O) groups excluding carboxylic acids is 1. The summed E-state index contributed by atoms with van der Waals surface area (Å²) in [4.78, 5) is 18.1. The van der Waals surface area contributed by atoms with Crippen LogP contribution in [0.5, 0.6) is 0 Å². The molecule has 0 unspecified atom stereocenters. The minimum absolute atomic E-state index is 0.142. The minimum atomic E-state index is -0.954. The summed E-state index contributed by atoms with van der Waals surface area (Å²) < 4.78 is 18.3. The van der Waals surface area contributed by atoms with Crippen LogP contribution < -0.4 is 5.32 Å². The van der Waals surface area contributed by atoms with E-state index in [-0.39, 0.29) is 6.61 Å². The van der Waals surface area contributed by atoms with Gasteiger partial charge in [-0.1, -0.05) is 29.8 Å². The third-order valence-corrected chi connectivity index (χ3v) is 4.70. The second-order valence-corrected chi connectivity index (χ2v) is 7.04. The first kappa shape index (κ1) is 20.0. The molecule has 1 atom stereocenters. The van der Waals surface area contributed by atoms with Gasteiger partial charge in [-0.05, 0) is 49.6 Å². The maximum atomic E-state index is 13.7. The zero-order chi connectivity index (χ0) is 19.9. The molecule has 1 N–H and O–H groups in total. The summed E-state index contributed by atoms with van der Waals surface area (Å²) in [5.41, 5.74) is 3.11. The minimum Gasteiger partial charge on any atom is -0.461 e. The average molecular weight is 383 g/mol. The van der Waals surface area contributed by atoms with Gasteiger partial charge in [0.05, 0.1) is 6.61 Å². The van der Waals surface area contributed by atoms with E-state index in [1.807, 2.05) is 0 Å². The van der Waals surface area contributed by atoms with E-state index >= 15 is 0 Å². The van der Waals surface area contributed by atoms with E-state index in [1.54, 1.807) is 25.3 Å². The Balaban J connectivity index is 1.51. The van der Waals surface area contributed by atoms with Crippen LogP contribution >= 0.6 is 0 Å². The van der Waals surface area contributed by atoms with E-state index in [4.69, 9.17) is 0 Å². The molecule has 2 aromatic rings. The fraction of sp³-hybridized carbons (Fsp3) is 0.364. The van der Waals surface area contributed by atoms with Crippen LogP contribution in [0.3, 0.4) is 0 Å². The van der Waals surface area contributed by atoms with E-state index in [2.05, 4.69) is 51.1 Å². The van der Waals surface area contributed by atoms with Gasteiger partial charge in [0, 0.05) is 31.9 Å². The molecule has 3 rings (SSSR count). The first-order valence-electron chi connectivity index (χ1n) is 9.58. The summed E-state index contributed by atoms with van der Waals surface area (Å²) in [6.45, 7) is 6.81. The van der Waals surface area contributed by atoms with Crippen molar-refractivity contribution in [1.82, 2.24) is 9.88 Å². The molecule has 148 valence electrons. The van der Waals surface area contributed by atoms with Crippen molar-refractivity contribution in [3.63, 3.8) is 0 Å². The van der Waals surface area contributed by atoms with Crippen LogP contribution in [0.1, 0.15) is 30.0 Å². The van der Waals surface area contributed by atoms with Gasteiger partial charge in [-0.15, -0.1) is 0 Å². The van der Waals surface area contributed by atoms with E-state index in [9.17, 15) is 9.18 Å². The van der Waals surface area contributed by atoms with Gasteiger partial charge in [0.15, 0.2) is 0 Å². The van der Waals surface area contributed by atoms with E-state index < -0.39 is 11.8 Å². The zero-order valence-electron chi connectivity index (χ0n) is 16.3. The number of anilines is 1. The molecule has 2 heterocycles. The lowest BCUT2D eigenvalue weighted by atomic mass is 10.1. The molecule has 0 amide bonds. The summed E-state index contributed by atoms with van der Waals surface area (Å²) in [5.74, 6) is -1.13. The number of aromatic nitrogens is 1. The average Bonchev–Trinajstić information content (AvgIpc) is 3.12. The second kappa shape index (κ2) is 9.46. The molecule has 28 heavy (non-hydrogen) atoms. The Kier molecular flexibility index (Phi) is 6.76. The maximum absolute atomic E-state index is 13.7. The molecule has 0 bridgehead atoms. The van der Waals surface area contributed by atoms with Crippen molar-refractivity contribution in [3.05, 3.63) is 65.1 Å². The highest BCUT2D eigenvalue weighted by atomic mass is 19.1. The van der Waals surface area contributed by atoms with Gasteiger partial charge in [0.1, 0.15) is 5.82 Å². The Labute approximate surface area is 165 Å². The van der Waals surface area contributed by atoms with E-state index in [1.165, 1.54) is 11.1 Å². The summed E-state index contributed by atoms with van der Waals surface area (Å²) in [6.07, 6.45) is 3.72.